The number of pyridine rings is 2. The summed E-state index contributed by atoms with van der Waals surface area (Å²) in [5.41, 5.74) is 0.878. The maximum Gasteiger partial charge on any atom is 0.257 e. The Kier molecular flexibility index (Phi) is 7.05. The summed E-state index contributed by atoms with van der Waals surface area (Å²) in [6.07, 6.45) is 3.98. The fraction of sp³-hybridized carbons (Fsp3) is 0.385. The molecule has 7 nitrogen and oxygen atoms in total. The highest BCUT2D eigenvalue weighted by Gasteiger charge is 2.37. The van der Waals surface area contributed by atoms with Gasteiger partial charge in [-0.1, -0.05) is 32.4 Å². The lowest BCUT2D eigenvalue weighted by Gasteiger charge is -2.40. The number of benzene rings is 1. The molecule has 3 atom stereocenters. The Hall–Kier alpha value is -3.10. The first-order valence-electron chi connectivity index (χ1n) is 11.5. The monoisotopic (exact) mass is 498 g/mol. The van der Waals surface area contributed by atoms with Gasteiger partial charge in [0.05, 0.1) is 17.1 Å². The van der Waals surface area contributed by atoms with E-state index in [1.807, 2.05) is 6.07 Å². The number of nitrogens with zero attached hydrogens (tertiary/aromatic N) is 3. The maximum absolute atomic E-state index is 14.1. The molecule has 35 heavy (non-hydrogen) atoms. The molecule has 9 heteroatoms. The molecule has 0 radical (unpaired) electrons. The van der Waals surface area contributed by atoms with E-state index < -0.39 is 29.3 Å². The summed E-state index contributed by atoms with van der Waals surface area (Å²) in [6, 6.07) is 7.34. The lowest BCUT2D eigenvalue weighted by Crippen LogP contribution is -2.56. The van der Waals surface area contributed by atoms with E-state index in [1.54, 1.807) is 50.2 Å². The second-order valence-electron chi connectivity index (χ2n) is 9.99. The van der Waals surface area contributed by atoms with Crippen LogP contribution in [0.1, 0.15) is 49.0 Å². The van der Waals surface area contributed by atoms with Crippen LogP contribution in [0.2, 0.25) is 5.02 Å². The molecule has 184 valence electrons. The fourth-order valence-corrected chi connectivity index (χ4v) is 4.68. The number of hydrogen-bond donors (Lipinski definition) is 2. The number of carbonyl (C=O) groups is 2. The van der Waals surface area contributed by atoms with E-state index >= 15 is 0 Å². The van der Waals surface area contributed by atoms with Crippen LogP contribution in [-0.2, 0) is 4.79 Å². The fourth-order valence-electron chi connectivity index (χ4n) is 4.45. The standard InChI is InChI=1S/C26H28ClFN4O3/c1-26(2,3)23(33)24(34)31-21-14-32(8-6-19(21)16-9-17(27)11-18(28)10-16)25(35)20-13-29-12-15-5-4-7-30-22(15)20/h4-5,7,9-13,19,21,23,33H,6,8,14H2,1-3H3,(H,31,34)/t19-,21+,23+/m0/s1. The van der Waals surface area contributed by atoms with Gasteiger partial charge in [0.25, 0.3) is 5.91 Å². The number of hydrogen-bond acceptors (Lipinski definition) is 5. The van der Waals surface area contributed by atoms with Gasteiger partial charge < -0.3 is 15.3 Å². The summed E-state index contributed by atoms with van der Waals surface area (Å²) in [6.45, 7) is 5.84. The highest BCUT2D eigenvalue weighted by atomic mass is 35.5. The van der Waals surface area contributed by atoms with E-state index in [4.69, 9.17) is 11.6 Å². The van der Waals surface area contributed by atoms with Crippen molar-refractivity contribution in [2.75, 3.05) is 13.1 Å². The highest BCUT2D eigenvalue weighted by Crippen LogP contribution is 2.32. The van der Waals surface area contributed by atoms with Crippen LogP contribution >= 0.6 is 11.6 Å². The van der Waals surface area contributed by atoms with Gasteiger partial charge in [0.2, 0.25) is 5.91 Å². The van der Waals surface area contributed by atoms with Gasteiger partial charge in [0.15, 0.2) is 0 Å². The molecule has 0 unspecified atom stereocenters. The Labute approximate surface area is 208 Å². The zero-order chi connectivity index (χ0) is 25.3. The number of piperidine rings is 1. The summed E-state index contributed by atoms with van der Waals surface area (Å²) >= 11 is 6.10. The third-order valence-electron chi connectivity index (χ3n) is 6.35. The number of halogens is 2. The molecule has 0 aliphatic carbocycles. The maximum atomic E-state index is 14.1. The summed E-state index contributed by atoms with van der Waals surface area (Å²) in [5, 5.41) is 14.4. The van der Waals surface area contributed by atoms with Crippen molar-refractivity contribution in [1.29, 1.82) is 0 Å². The first-order valence-corrected chi connectivity index (χ1v) is 11.8. The molecule has 2 N–H and O–H groups in total. The molecule has 3 aromatic rings. The number of likely N-dealkylation sites (tertiary alicyclic amines) is 1. The Bertz CT molecular complexity index is 1240. The van der Waals surface area contributed by atoms with Crippen molar-refractivity contribution in [2.24, 2.45) is 5.41 Å². The predicted octanol–water partition coefficient (Wildman–Crippen LogP) is 3.94. The number of amides is 2. The second kappa shape index (κ2) is 9.87. The molecule has 2 aromatic heterocycles. The quantitative estimate of drug-likeness (QED) is 0.568. The molecule has 2 amide bonds. The largest absolute Gasteiger partial charge is 0.383 e. The van der Waals surface area contributed by atoms with Crippen LogP contribution in [0, 0.1) is 11.2 Å². The van der Waals surface area contributed by atoms with Crippen molar-refractivity contribution in [1.82, 2.24) is 20.2 Å². The third-order valence-corrected chi connectivity index (χ3v) is 6.57. The van der Waals surface area contributed by atoms with Gasteiger partial charge in [-0.05, 0) is 47.7 Å². The van der Waals surface area contributed by atoms with Crippen molar-refractivity contribution in [3.8, 4) is 0 Å². The molecule has 3 heterocycles. The molecular formula is C26H28ClFN4O3. The molecule has 1 aliphatic heterocycles. The lowest BCUT2D eigenvalue weighted by atomic mass is 9.83. The van der Waals surface area contributed by atoms with Gasteiger partial charge in [-0.15, -0.1) is 0 Å². The van der Waals surface area contributed by atoms with Crippen molar-refractivity contribution >= 4 is 34.3 Å². The van der Waals surface area contributed by atoms with E-state index in [0.717, 1.165) is 5.39 Å². The van der Waals surface area contributed by atoms with Crippen molar-refractivity contribution in [3.63, 3.8) is 0 Å². The van der Waals surface area contributed by atoms with Gasteiger partial charge in [-0.25, -0.2) is 4.39 Å². The van der Waals surface area contributed by atoms with Crippen LogP contribution in [0.25, 0.3) is 10.9 Å². The van der Waals surface area contributed by atoms with E-state index in [0.29, 0.717) is 29.6 Å². The molecule has 1 aliphatic rings. The number of nitrogens with one attached hydrogen (secondary N) is 1. The van der Waals surface area contributed by atoms with Gasteiger partial charge in [-0.3, -0.25) is 19.6 Å². The Morgan fingerprint density at radius 2 is 2.03 bits per heavy atom. The number of fused-ring (bicyclic) bond motifs is 1. The summed E-state index contributed by atoms with van der Waals surface area (Å²) < 4.78 is 14.1. The van der Waals surface area contributed by atoms with Crippen molar-refractivity contribution in [2.45, 2.75) is 45.3 Å². The normalized spacial score (nSPS) is 19.4. The zero-order valence-corrected chi connectivity index (χ0v) is 20.6. The average molecular weight is 499 g/mol. The number of rotatable bonds is 4. The van der Waals surface area contributed by atoms with Crippen molar-refractivity contribution in [3.05, 3.63) is 70.9 Å². The van der Waals surface area contributed by atoms with Gasteiger partial charge in [0, 0.05) is 48.0 Å². The molecule has 1 fully saturated rings. The molecular weight excluding hydrogens is 471 g/mol. The molecule has 1 saturated heterocycles. The topological polar surface area (TPSA) is 95.4 Å². The van der Waals surface area contributed by atoms with Crippen LogP contribution in [0.15, 0.2) is 48.9 Å². The number of aliphatic hydroxyl groups excluding tert-OH is 1. The summed E-state index contributed by atoms with van der Waals surface area (Å²) in [4.78, 5) is 36.6. The van der Waals surface area contributed by atoms with Crippen LogP contribution in [0.4, 0.5) is 4.39 Å². The smallest absolute Gasteiger partial charge is 0.257 e. The van der Waals surface area contributed by atoms with E-state index in [2.05, 4.69) is 15.3 Å². The number of aromatic nitrogens is 2. The SMILES string of the molecule is CC(C)(C)[C@H](O)C(=O)N[C@@H]1CN(C(=O)c2cncc3cccnc23)CC[C@H]1c1cc(F)cc(Cl)c1. The molecule has 0 saturated carbocycles. The van der Waals surface area contributed by atoms with Gasteiger partial charge in [-0.2, -0.15) is 0 Å². The Morgan fingerprint density at radius 3 is 2.74 bits per heavy atom. The second-order valence-corrected chi connectivity index (χ2v) is 10.4. The van der Waals surface area contributed by atoms with Gasteiger partial charge in [0.1, 0.15) is 11.9 Å². The van der Waals surface area contributed by atoms with Crippen molar-refractivity contribution < 1.29 is 19.1 Å². The summed E-state index contributed by atoms with van der Waals surface area (Å²) in [7, 11) is 0. The number of carbonyl (C=O) groups excluding carboxylic acids is 2. The van der Waals surface area contributed by atoms with E-state index in [-0.39, 0.29) is 23.4 Å². The molecule has 1 aromatic carbocycles. The molecule has 4 rings (SSSR count). The van der Waals surface area contributed by atoms with Gasteiger partial charge >= 0.3 is 0 Å². The molecule has 0 bridgehead atoms. The molecule has 0 spiro atoms. The first kappa shape index (κ1) is 25.0. The van der Waals surface area contributed by atoms with Crippen LogP contribution in [0.3, 0.4) is 0 Å². The van der Waals surface area contributed by atoms with Crippen LogP contribution < -0.4 is 5.32 Å². The minimum atomic E-state index is -1.25. The zero-order valence-electron chi connectivity index (χ0n) is 19.8. The average Bonchev–Trinajstić information content (AvgIpc) is 2.81. The highest BCUT2D eigenvalue weighted by molar-refractivity contribution is 6.30. The minimum Gasteiger partial charge on any atom is -0.383 e. The Balaban J connectivity index is 1.64. The number of aliphatic hydroxyl groups is 1. The van der Waals surface area contributed by atoms with E-state index in [1.165, 1.54) is 18.3 Å². The lowest BCUT2D eigenvalue weighted by molar-refractivity contribution is -0.135. The van der Waals surface area contributed by atoms with Crippen LogP contribution in [-0.4, -0.2) is 57.0 Å². The first-order chi connectivity index (χ1) is 16.5. The third kappa shape index (κ3) is 5.44. The predicted molar refractivity (Wildman–Crippen MR) is 132 cm³/mol. The van der Waals surface area contributed by atoms with Crippen LogP contribution in [0.5, 0.6) is 0 Å². The minimum absolute atomic E-state index is 0.170. The van der Waals surface area contributed by atoms with E-state index in [9.17, 15) is 19.1 Å². The summed E-state index contributed by atoms with van der Waals surface area (Å²) in [5.74, 6) is -1.57. The Morgan fingerprint density at radius 1 is 1.26 bits per heavy atom.